The molecule has 21 heavy (non-hydrogen) atoms. The van der Waals surface area contributed by atoms with Crippen molar-refractivity contribution in [3.63, 3.8) is 0 Å². The van der Waals surface area contributed by atoms with Crippen molar-refractivity contribution in [2.24, 2.45) is 0 Å². The third-order valence-electron chi connectivity index (χ3n) is 4.04. The number of hydrogen-bond acceptors (Lipinski definition) is 2. The standard InChI is InChI=1S/C19H25NO/c1-6-20-12-16-8-10-17(14(3)11-16)18-9-7-13(2)15(4)19(18)21-5/h7-11,20H,6,12H2,1-5H3. The van der Waals surface area contributed by atoms with Crippen LogP contribution in [-0.4, -0.2) is 13.7 Å². The molecule has 0 aliphatic carbocycles. The first-order chi connectivity index (χ1) is 10.1. The summed E-state index contributed by atoms with van der Waals surface area (Å²) in [5.74, 6) is 0.984. The smallest absolute Gasteiger partial charge is 0.129 e. The van der Waals surface area contributed by atoms with Crippen LogP contribution in [0.4, 0.5) is 0 Å². The van der Waals surface area contributed by atoms with E-state index in [4.69, 9.17) is 4.74 Å². The molecule has 0 fully saturated rings. The molecule has 0 aromatic heterocycles. The first-order valence-corrected chi connectivity index (χ1v) is 7.53. The Morgan fingerprint density at radius 2 is 1.67 bits per heavy atom. The molecule has 2 aromatic rings. The molecule has 2 aromatic carbocycles. The molecule has 0 aliphatic rings. The maximum Gasteiger partial charge on any atom is 0.129 e. The minimum Gasteiger partial charge on any atom is -0.496 e. The average molecular weight is 283 g/mol. The van der Waals surface area contributed by atoms with Gasteiger partial charge in [0.15, 0.2) is 0 Å². The van der Waals surface area contributed by atoms with E-state index in [0.717, 1.165) is 18.8 Å². The van der Waals surface area contributed by atoms with Gasteiger partial charge >= 0.3 is 0 Å². The van der Waals surface area contributed by atoms with Crippen LogP contribution < -0.4 is 10.1 Å². The molecule has 0 spiro atoms. The number of hydrogen-bond donors (Lipinski definition) is 1. The van der Waals surface area contributed by atoms with Crippen molar-refractivity contribution in [2.45, 2.75) is 34.2 Å². The van der Waals surface area contributed by atoms with Crippen LogP contribution >= 0.6 is 0 Å². The predicted octanol–water partition coefficient (Wildman–Crippen LogP) is 4.40. The Balaban J connectivity index is 2.45. The van der Waals surface area contributed by atoms with Gasteiger partial charge in [-0.05, 0) is 55.1 Å². The van der Waals surface area contributed by atoms with Crippen LogP contribution in [0.5, 0.6) is 5.75 Å². The SMILES string of the molecule is CCNCc1ccc(-c2ccc(C)c(C)c2OC)c(C)c1. The molecule has 112 valence electrons. The molecule has 2 rings (SSSR count). The third kappa shape index (κ3) is 3.27. The third-order valence-corrected chi connectivity index (χ3v) is 4.04. The second-order valence-electron chi connectivity index (χ2n) is 5.52. The van der Waals surface area contributed by atoms with Crippen LogP contribution in [0.15, 0.2) is 30.3 Å². The Bertz CT molecular complexity index is 632. The van der Waals surface area contributed by atoms with Gasteiger partial charge in [0.25, 0.3) is 0 Å². The molecule has 2 heteroatoms. The van der Waals surface area contributed by atoms with Crippen LogP contribution in [0.25, 0.3) is 11.1 Å². The van der Waals surface area contributed by atoms with E-state index in [1.165, 1.54) is 33.4 Å². The van der Waals surface area contributed by atoms with Crippen molar-refractivity contribution in [3.8, 4) is 16.9 Å². The second kappa shape index (κ2) is 6.77. The van der Waals surface area contributed by atoms with Crippen molar-refractivity contribution < 1.29 is 4.74 Å². The van der Waals surface area contributed by atoms with Crippen LogP contribution in [0.3, 0.4) is 0 Å². The molecule has 0 unspecified atom stereocenters. The zero-order valence-electron chi connectivity index (χ0n) is 13.7. The molecule has 0 heterocycles. The molecule has 2 nitrogen and oxygen atoms in total. The van der Waals surface area contributed by atoms with E-state index in [1.807, 2.05) is 0 Å². The average Bonchev–Trinajstić information content (AvgIpc) is 2.48. The van der Waals surface area contributed by atoms with Gasteiger partial charge < -0.3 is 10.1 Å². The minimum absolute atomic E-state index is 0.918. The quantitative estimate of drug-likeness (QED) is 0.878. The molecule has 1 N–H and O–H groups in total. The molecule has 0 saturated heterocycles. The maximum atomic E-state index is 5.65. The van der Waals surface area contributed by atoms with Gasteiger partial charge in [-0.3, -0.25) is 0 Å². The Kier molecular flexibility index (Phi) is 5.03. The van der Waals surface area contributed by atoms with Crippen molar-refractivity contribution >= 4 is 0 Å². The van der Waals surface area contributed by atoms with E-state index in [-0.39, 0.29) is 0 Å². The summed E-state index contributed by atoms with van der Waals surface area (Å²) in [4.78, 5) is 0. The number of methoxy groups -OCH3 is 1. The number of rotatable bonds is 5. The van der Waals surface area contributed by atoms with Gasteiger partial charge in [-0.1, -0.05) is 37.3 Å². The van der Waals surface area contributed by atoms with E-state index in [9.17, 15) is 0 Å². The Morgan fingerprint density at radius 1 is 0.952 bits per heavy atom. The second-order valence-corrected chi connectivity index (χ2v) is 5.52. The van der Waals surface area contributed by atoms with Crippen LogP contribution in [0.1, 0.15) is 29.2 Å². The summed E-state index contributed by atoms with van der Waals surface area (Å²) < 4.78 is 5.65. The summed E-state index contributed by atoms with van der Waals surface area (Å²) in [5.41, 5.74) is 7.50. The number of ether oxygens (including phenoxy) is 1. The lowest BCUT2D eigenvalue weighted by Crippen LogP contribution is -2.11. The normalized spacial score (nSPS) is 10.7. The highest BCUT2D eigenvalue weighted by molar-refractivity contribution is 5.75. The highest BCUT2D eigenvalue weighted by atomic mass is 16.5. The largest absolute Gasteiger partial charge is 0.496 e. The predicted molar refractivity (Wildman–Crippen MR) is 90.0 cm³/mol. The zero-order valence-corrected chi connectivity index (χ0v) is 13.7. The van der Waals surface area contributed by atoms with Crippen LogP contribution in [0.2, 0.25) is 0 Å². The minimum atomic E-state index is 0.918. The van der Waals surface area contributed by atoms with Gasteiger partial charge in [-0.2, -0.15) is 0 Å². The number of nitrogens with one attached hydrogen (secondary N) is 1. The first-order valence-electron chi connectivity index (χ1n) is 7.53. The topological polar surface area (TPSA) is 21.3 Å². The fourth-order valence-electron chi connectivity index (χ4n) is 2.67. The molecule has 0 bridgehead atoms. The fourth-order valence-corrected chi connectivity index (χ4v) is 2.67. The fraction of sp³-hybridized carbons (Fsp3) is 0.368. The lowest BCUT2D eigenvalue weighted by molar-refractivity contribution is 0.413. The molecule has 0 amide bonds. The van der Waals surface area contributed by atoms with E-state index in [2.05, 4.69) is 63.3 Å². The molecular formula is C19H25NO. The van der Waals surface area contributed by atoms with Crippen LogP contribution in [-0.2, 0) is 6.54 Å². The molecule has 0 aliphatic heterocycles. The van der Waals surface area contributed by atoms with Crippen molar-refractivity contribution in [1.29, 1.82) is 0 Å². The maximum absolute atomic E-state index is 5.65. The van der Waals surface area contributed by atoms with E-state index >= 15 is 0 Å². The highest BCUT2D eigenvalue weighted by Gasteiger charge is 2.12. The molecular weight excluding hydrogens is 258 g/mol. The summed E-state index contributed by atoms with van der Waals surface area (Å²) in [6, 6.07) is 11.0. The lowest BCUT2D eigenvalue weighted by Gasteiger charge is -2.16. The van der Waals surface area contributed by atoms with Crippen LogP contribution in [0, 0.1) is 20.8 Å². The Labute approximate surface area is 128 Å². The van der Waals surface area contributed by atoms with E-state index < -0.39 is 0 Å². The summed E-state index contributed by atoms with van der Waals surface area (Å²) in [6.07, 6.45) is 0. The molecule has 0 saturated carbocycles. The number of benzene rings is 2. The van der Waals surface area contributed by atoms with Gasteiger partial charge in [0.2, 0.25) is 0 Å². The van der Waals surface area contributed by atoms with E-state index in [1.54, 1.807) is 7.11 Å². The van der Waals surface area contributed by atoms with Gasteiger partial charge in [0, 0.05) is 12.1 Å². The highest BCUT2D eigenvalue weighted by Crippen LogP contribution is 2.36. The monoisotopic (exact) mass is 283 g/mol. The summed E-state index contributed by atoms with van der Waals surface area (Å²) in [5, 5.41) is 3.37. The van der Waals surface area contributed by atoms with Crippen molar-refractivity contribution in [1.82, 2.24) is 5.32 Å². The summed E-state index contributed by atoms with van der Waals surface area (Å²) >= 11 is 0. The molecule has 0 radical (unpaired) electrons. The molecule has 0 atom stereocenters. The van der Waals surface area contributed by atoms with Gasteiger partial charge in [0.1, 0.15) is 5.75 Å². The zero-order chi connectivity index (χ0) is 15.4. The lowest BCUT2D eigenvalue weighted by atomic mass is 9.94. The first kappa shape index (κ1) is 15.6. The van der Waals surface area contributed by atoms with Gasteiger partial charge in [-0.25, -0.2) is 0 Å². The van der Waals surface area contributed by atoms with Crippen molar-refractivity contribution in [2.75, 3.05) is 13.7 Å². The summed E-state index contributed by atoms with van der Waals surface area (Å²) in [6.45, 7) is 10.4. The van der Waals surface area contributed by atoms with E-state index in [0.29, 0.717) is 0 Å². The van der Waals surface area contributed by atoms with Gasteiger partial charge in [0.05, 0.1) is 7.11 Å². The Morgan fingerprint density at radius 3 is 2.29 bits per heavy atom. The van der Waals surface area contributed by atoms with Gasteiger partial charge in [-0.15, -0.1) is 0 Å². The Hall–Kier alpha value is -1.80. The van der Waals surface area contributed by atoms with Crippen molar-refractivity contribution in [3.05, 3.63) is 52.6 Å². The number of aryl methyl sites for hydroxylation is 2. The summed E-state index contributed by atoms with van der Waals surface area (Å²) in [7, 11) is 1.75.